The minimum Gasteiger partial charge on any atom is -0.344 e. The quantitative estimate of drug-likeness (QED) is 0.783. The van der Waals surface area contributed by atoms with E-state index in [9.17, 15) is 4.79 Å². The monoisotopic (exact) mass is 302 g/mol. The highest BCUT2D eigenvalue weighted by molar-refractivity contribution is 6.10. The second-order valence-electron chi connectivity index (χ2n) is 5.43. The van der Waals surface area contributed by atoms with E-state index in [0.717, 1.165) is 11.3 Å². The molecule has 1 aromatic carbocycles. The Kier molecular flexibility index (Phi) is 4.20. The molecule has 0 saturated carbocycles. The van der Waals surface area contributed by atoms with Crippen molar-refractivity contribution in [3.05, 3.63) is 83.6 Å². The molecule has 0 atom stereocenters. The number of anilines is 1. The molecule has 1 aliphatic heterocycles. The van der Waals surface area contributed by atoms with E-state index in [1.54, 1.807) is 0 Å². The van der Waals surface area contributed by atoms with Crippen molar-refractivity contribution in [1.29, 1.82) is 0 Å². The Morgan fingerprint density at radius 1 is 1.00 bits per heavy atom. The second-order valence-corrected chi connectivity index (χ2v) is 5.43. The summed E-state index contributed by atoms with van der Waals surface area (Å²) in [5.41, 5.74) is 5.31. The van der Waals surface area contributed by atoms with Crippen molar-refractivity contribution < 1.29 is 4.79 Å². The fourth-order valence-corrected chi connectivity index (χ4v) is 2.55. The Morgan fingerprint density at radius 3 is 2.48 bits per heavy atom. The SMILES string of the molecule is CC(=O)N=C1C=CC(=C/C=C2\C=Cc3ccccc3N2C)C=C1. The number of allylic oxidation sites excluding steroid dienone is 8. The van der Waals surface area contributed by atoms with Gasteiger partial charge >= 0.3 is 0 Å². The van der Waals surface area contributed by atoms with Gasteiger partial charge in [0.2, 0.25) is 5.91 Å². The fourth-order valence-electron chi connectivity index (χ4n) is 2.55. The first-order chi connectivity index (χ1) is 11.1. The number of fused-ring (bicyclic) bond motifs is 1. The highest BCUT2D eigenvalue weighted by atomic mass is 16.1. The van der Waals surface area contributed by atoms with Gasteiger partial charge in [-0.05, 0) is 41.5 Å². The number of likely N-dealkylation sites (N-methyl/N-ethyl adjacent to an activating group) is 1. The number of nitrogens with zero attached hydrogens (tertiary/aromatic N) is 2. The Labute approximate surface area is 136 Å². The third-order valence-electron chi connectivity index (χ3n) is 3.75. The molecule has 1 aliphatic carbocycles. The van der Waals surface area contributed by atoms with Crippen LogP contribution >= 0.6 is 0 Å². The lowest BCUT2D eigenvalue weighted by Crippen LogP contribution is -2.18. The molecule has 0 fully saturated rings. The minimum absolute atomic E-state index is 0.184. The van der Waals surface area contributed by atoms with Gasteiger partial charge in [-0.2, -0.15) is 0 Å². The molecule has 0 aromatic heterocycles. The summed E-state index contributed by atoms with van der Waals surface area (Å²) < 4.78 is 0. The normalized spacial score (nSPS) is 17.5. The van der Waals surface area contributed by atoms with Gasteiger partial charge in [0.25, 0.3) is 0 Å². The first kappa shape index (κ1) is 15.0. The zero-order valence-corrected chi connectivity index (χ0v) is 13.2. The molecule has 0 unspecified atom stereocenters. The van der Waals surface area contributed by atoms with E-state index >= 15 is 0 Å². The molecule has 3 nitrogen and oxygen atoms in total. The van der Waals surface area contributed by atoms with Gasteiger partial charge in [-0.15, -0.1) is 0 Å². The van der Waals surface area contributed by atoms with Crippen molar-refractivity contribution in [1.82, 2.24) is 0 Å². The number of amides is 1. The smallest absolute Gasteiger partial charge is 0.243 e. The molecule has 23 heavy (non-hydrogen) atoms. The molecular formula is C20H18N2O. The van der Waals surface area contributed by atoms with Crippen molar-refractivity contribution in [3.8, 4) is 0 Å². The van der Waals surface area contributed by atoms with Crippen molar-refractivity contribution in [2.45, 2.75) is 6.92 Å². The fraction of sp³-hybridized carbons (Fsp3) is 0.100. The van der Waals surface area contributed by atoms with Crippen molar-refractivity contribution in [3.63, 3.8) is 0 Å². The van der Waals surface area contributed by atoms with Crippen LogP contribution < -0.4 is 4.90 Å². The minimum atomic E-state index is -0.184. The number of hydrogen-bond acceptors (Lipinski definition) is 2. The maximum Gasteiger partial charge on any atom is 0.243 e. The predicted octanol–water partition coefficient (Wildman–Crippen LogP) is 4.07. The van der Waals surface area contributed by atoms with Crippen molar-refractivity contribution in [2.24, 2.45) is 4.99 Å². The largest absolute Gasteiger partial charge is 0.344 e. The highest BCUT2D eigenvalue weighted by Gasteiger charge is 2.11. The van der Waals surface area contributed by atoms with Gasteiger partial charge in [-0.1, -0.05) is 42.5 Å². The number of para-hydroxylation sites is 1. The summed E-state index contributed by atoms with van der Waals surface area (Å²) in [5.74, 6) is -0.184. The van der Waals surface area contributed by atoms with E-state index in [1.807, 2.05) is 36.4 Å². The molecule has 0 spiro atoms. The zero-order chi connectivity index (χ0) is 16.2. The van der Waals surface area contributed by atoms with Crippen LogP contribution in [0.3, 0.4) is 0 Å². The first-order valence-corrected chi connectivity index (χ1v) is 7.52. The average molecular weight is 302 g/mol. The van der Waals surface area contributed by atoms with Crippen LogP contribution in [0.1, 0.15) is 12.5 Å². The van der Waals surface area contributed by atoms with Crippen molar-refractivity contribution in [2.75, 3.05) is 11.9 Å². The van der Waals surface area contributed by atoms with Crippen LogP contribution in [0.15, 0.2) is 83.1 Å². The topological polar surface area (TPSA) is 32.7 Å². The van der Waals surface area contributed by atoms with E-state index < -0.39 is 0 Å². The molecule has 3 heteroatoms. The van der Waals surface area contributed by atoms with Crippen LogP contribution in [0.4, 0.5) is 5.69 Å². The van der Waals surface area contributed by atoms with Gasteiger partial charge in [0, 0.05) is 25.4 Å². The number of carbonyl (C=O) groups excluding carboxylic acids is 1. The number of carbonyl (C=O) groups is 1. The second kappa shape index (κ2) is 6.44. The van der Waals surface area contributed by atoms with Gasteiger partial charge < -0.3 is 4.90 Å². The van der Waals surface area contributed by atoms with E-state index in [1.165, 1.54) is 18.2 Å². The predicted molar refractivity (Wildman–Crippen MR) is 96.4 cm³/mol. The van der Waals surface area contributed by atoms with Crippen LogP contribution in [0, 0.1) is 0 Å². The van der Waals surface area contributed by atoms with Crippen molar-refractivity contribution >= 4 is 23.4 Å². The number of benzene rings is 1. The summed E-state index contributed by atoms with van der Waals surface area (Å²) in [6.45, 7) is 1.45. The lowest BCUT2D eigenvalue weighted by Gasteiger charge is -2.26. The lowest BCUT2D eigenvalue weighted by atomic mass is 10.0. The molecule has 3 rings (SSSR count). The molecule has 1 aromatic rings. The maximum atomic E-state index is 11.0. The van der Waals surface area contributed by atoms with Gasteiger partial charge in [0.15, 0.2) is 0 Å². The van der Waals surface area contributed by atoms with E-state index in [0.29, 0.717) is 5.71 Å². The Bertz CT molecular complexity index is 802. The van der Waals surface area contributed by atoms with Gasteiger partial charge in [0.05, 0.1) is 5.71 Å². The van der Waals surface area contributed by atoms with Crippen LogP contribution in [0.2, 0.25) is 0 Å². The summed E-state index contributed by atoms with van der Waals surface area (Å²) in [5, 5.41) is 0. The molecule has 0 radical (unpaired) electrons. The molecule has 0 saturated heterocycles. The third-order valence-corrected chi connectivity index (χ3v) is 3.75. The molecule has 1 heterocycles. The van der Waals surface area contributed by atoms with Crippen LogP contribution in [-0.4, -0.2) is 18.7 Å². The Balaban J connectivity index is 1.80. The summed E-state index contributed by atoms with van der Waals surface area (Å²) >= 11 is 0. The molecule has 0 N–H and O–H groups in total. The summed E-state index contributed by atoms with van der Waals surface area (Å²) in [7, 11) is 2.07. The van der Waals surface area contributed by atoms with Crippen LogP contribution in [-0.2, 0) is 4.79 Å². The number of aliphatic imine (C=N–C) groups is 1. The van der Waals surface area contributed by atoms with Gasteiger partial charge in [0.1, 0.15) is 0 Å². The first-order valence-electron chi connectivity index (χ1n) is 7.52. The zero-order valence-electron chi connectivity index (χ0n) is 13.2. The van der Waals surface area contributed by atoms with Crippen LogP contribution in [0.5, 0.6) is 0 Å². The van der Waals surface area contributed by atoms with E-state index in [-0.39, 0.29) is 5.91 Å². The number of hydrogen-bond donors (Lipinski definition) is 0. The lowest BCUT2D eigenvalue weighted by molar-refractivity contribution is -0.115. The van der Waals surface area contributed by atoms with Gasteiger partial charge in [-0.3, -0.25) is 4.79 Å². The van der Waals surface area contributed by atoms with Gasteiger partial charge in [-0.25, -0.2) is 4.99 Å². The van der Waals surface area contributed by atoms with E-state index in [2.05, 4.69) is 53.4 Å². The Morgan fingerprint density at radius 2 is 1.74 bits per heavy atom. The molecule has 0 bridgehead atoms. The molecule has 1 amide bonds. The van der Waals surface area contributed by atoms with E-state index in [4.69, 9.17) is 0 Å². The highest BCUT2D eigenvalue weighted by Crippen LogP contribution is 2.29. The molecule has 114 valence electrons. The molecule has 2 aliphatic rings. The summed E-state index contributed by atoms with van der Waals surface area (Å²) in [6, 6.07) is 8.32. The van der Waals surface area contributed by atoms with Crippen LogP contribution in [0.25, 0.3) is 6.08 Å². The third kappa shape index (κ3) is 3.46. The number of rotatable bonds is 1. The molecular weight excluding hydrogens is 284 g/mol. The standard InChI is InChI=1S/C20H18N2O/c1-15(23)21-18-11-7-16(8-12-18)9-13-19-14-10-17-5-3-4-6-20(17)22(19)2/h3-14H,1-2H3/b16-9?,19-13+,21-18?. The summed E-state index contributed by atoms with van der Waals surface area (Å²) in [6.07, 6.45) is 16.0. The Hall–Kier alpha value is -2.94. The average Bonchev–Trinajstić information content (AvgIpc) is 2.55. The summed E-state index contributed by atoms with van der Waals surface area (Å²) in [4.78, 5) is 17.0. The maximum absolute atomic E-state index is 11.0.